The zero-order chi connectivity index (χ0) is 19.1. The predicted molar refractivity (Wildman–Crippen MR) is 99.2 cm³/mol. The molecule has 3 N–H and O–H groups in total. The molecule has 0 radical (unpaired) electrons. The summed E-state index contributed by atoms with van der Waals surface area (Å²) in [5, 5.41) is 0. The number of benzene rings is 2. The maximum absolute atomic E-state index is 13.2. The molecule has 0 aliphatic heterocycles. The van der Waals surface area contributed by atoms with Crippen LogP contribution >= 0.6 is 0 Å². The molecule has 136 valence electrons. The molecule has 3 rings (SSSR count). The lowest BCUT2D eigenvalue weighted by Crippen LogP contribution is -2.59. The highest BCUT2D eigenvalue weighted by molar-refractivity contribution is 6.10. The molecule has 2 aromatic rings. The summed E-state index contributed by atoms with van der Waals surface area (Å²) >= 11 is 0. The van der Waals surface area contributed by atoms with Crippen LogP contribution in [-0.2, 0) is 9.59 Å². The third-order valence-corrected chi connectivity index (χ3v) is 5.51. The van der Waals surface area contributed by atoms with E-state index in [4.69, 9.17) is 0 Å². The third kappa shape index (κ3) is 3.34. The molecule has 3 nitrogen and oxygen atoms in total. The number of carbonyl (C=O) groups excluding carboxylic acids is 2. The number of hydrogen-bond acceptors (Lipinski definition) is 2. The third-order valence-electron chi connectivity index (χ3n) is 5.51. The Balaban J connectivity index is 2.00. The lowest BCUT2D eigenvalue weighted by atomic mass is 9.67. The van der Waals surface area contributed by atoms with Crippen LogP contribution in [0.25, 0.3) is 11.1 Å². The molecule has 0 unspecified atom stereocenters. The average molecular weight is 354 g/mol. The molecule has 0 amide bonds. The van der Waals surface area contributed by atoms with Gasteiger partial charge in [0.15, 0.2) is 0 Å². The lowest BCUT2D eigenvalue weighted by Gasteiger charge is -2.34. The summed E-state index contributed by atoms with van der Waals surface area (Å²) in [4.78, 5) is 25.6. The average Bonchev–Trinajstić information content (AvgIpc) is 2.57. The van der Waals surface area contributed by atoms with Gasteiger partial charge in [0, 0.05) is 18.3 Å². The Morgan fingerprint density at radius 3 is 1.96 bits per heavy atom. The van der Waals surface area contributed by atoms with Crippen molar-refractivity contribution in [1.82, 2.24) is 0 Å². The largest absolute Gasteiger partial charge is 0.357 e. The number of carbonyl (C=O) groups is 2. The van der Waals surface area contributed by atoms with Gasteiger partial charge in [0.05, 0.1) is 6.54 Å². The van der Waals surface area contributed by atoms with Crippen LogP contribution in [0.3, 0.4) is 0 Å². The molecule has 1 aliphatic rings. The Morgan fingerprint density at radius 2 is 1.50 bits per heavy atom. The normalized spacial score (nSPS) is 23.3. The molecule has 1 aliphatic carbocycles. The van der Waals surface area contributed by atoms with Crippen LogP contribution in [-0.4, -0.2) is 18.1 Å². The quantitative estimate of drug-likeness (QED) is 0.859. The minimum atomic E-state index is -0.670. The summed E-state index contributed by atoms with van der Waals surface area (Å²) in [5.74, 6) is -0.955. The summed E-state index contributed by atoms with van der Waals surface area (Å²) in [6.07, 6.45) is 0.789. The fraction of sp³-hybridized carbons (Fsp3) is 0.364. The molecule has 26 heavy (non-hydrogen) atoms. The van der Waals surface area contributed by atoms with Gasteiger partial charge in [0.1, 0.15) is 23.3 Å². The number of hydrogen-bond donors (Lipinski definition) is 1. The van der Waals surface area contributed by atoms with E-state index >= 15 is 0 Å². The van der Waals surface area contributed by atoms with Crippen molar-refractivity contribution in [2.24, 2.45) is 5.41 Å². The molecule has 4 heteroatoms. The van der Waals surface area contributed by atoms with E-state index in [0.717, 1.165) is 27.8 Å². The van der Waals surface area contributed by atoms with Crippen LogP contribution in [0.2, 0.25) is 0 Å². The van der Waals surface area contributed by atoms with Gasteiger partial charge in [0.2, 0.25) is 0 Å². The number of rotatable bonds is 3. The van der Waals surface area contributed by atoms with Gasteiger partial charge in [-0.2, -0.15) is 0 Å². The molecule has 0 atom stereocenters. The van der Waals surface area contributed by atoms with Crippen LogP contribution in [0.4, 0.5) is 4.39 Å². The maximum Gasteiger partial charge on any atom is 0.148 e. The Bertz CT molecular complexity index is 829. The number of halogens is 1. The second-order valence-electron chi connectivity index (χ2n) is 7.81. The van der Waals surface area contributed by atoms with Crippen LogP contribution in [0.5, 0.6) is 0 Å². The van der Waals surface area contributed by atoms with Crippen molar-refractivity contribution < 1.29 is 19.7 Å². The first-order valence-electron chi connectivity index (χ1n) is 8.96. The lowest BCUT2D eigenvalue weighted by molar-refractivity contribution is -0.391. The van der Waals surface area contributed by atoms with Crippen LogP contribution in [0, 0.1) is 25.1 Å². The molecular weight excluding hydrogens is 329 g/mol. The first kappa shape index (κ1) is 18.5. The molecule has 0 heterocycles. The SMILES string of the molecule is Cc1cc(-c2ccc(F)cc2)cc(C)c1C1C(=O)CC(C)(C[NH3+])CC1=O. The predicted octanol–water partition coefficient (Wildman–Crippen LogP) is 3.37. The van der Waals surface area contributed by atoms with E-state index in [1.165, 1.54) is 12.1 Å². The summed E-state index contributed by atoms with van der Waals surface area (Å²) in [6, 6.07) is 10.3. The number of quaternary nitrogens is 1. The van der Waals surface area contributed by atoms with Crippen molar-refractivity contribution >= 4 is 11.6 Å². The Hall–Kier alpha value is -2.33. The molecule has 1 fully saturated rings. The molecule has 0 saturated heterocycles. The van der Waals surface area contributed by atoms with Crippen LogP contribution in [0.15, 0.2) is 36.4 Å². The van der Waals surface area contributed by atoms with Gasteiger partial charge in [-0.3, -0.25) is 9.59 Å². The Morgan fingerprint density at radius 1 is 1.00 bits per heavy atom. The topological polar surface area (TPSA) is 61.8 Å². The molecular formula is C22H25FNO2+. The number of ketones is 2. The number of aryl methyl sites for hydroxylation is 2. The van der Waals surface area contributed by atoms with Gasteiger partial charge in [-0.05, 0) is 53.8 Å². The van der Waals surface area contributed by atoms with Crippen molar-refractivity contribution in [2.45, 2.75) is 39.5 Å². The molecule has 1 saturated carbocycles. The van der Waals surface area contributed by atoms with Gasteiger partial charge < -0.3 is 5.73 Å². The van der Waals surface area contributed by atoms with E-state index in [2.05, 4.69) is 5.73 Å². The smallest absolute Gasteiger partial charge is 0.148 e. The standard InChI is InChI=1S/C22H24FNO2/c1-13-8-16(15-4-6-17(23)7-5-15)9-14(2)20(13)21-18(25)10-22(3,12-24)11-19(21)26/h4-9,21H,10-12,24H2,1-3H3/p+1. The van der Waals surface area contributed by atoms with Gasteiger partial charge in [-0.15, -0.1) is 0 Å². The van der Waals surface area contributed by atoms with Crippen molar-refractivity contribution in [3.63, 3.8) is 0 Å². The van der Waals surface area contributed by atoms with Crippen LogP contribution < -0.4 is 5.73 Å². The Kier molecular flexibility index (Phi) is 4.80. The van der Waals surface area contributed by atoms with Gasteiger partial charge in [-0.1, -0.05) is 31.2 Å². The molecule has 0 spiro atoms. The second-order valence-corrected chi connectivity index (χ2v) is 7.81. The summed E-state index contributed by atoms with van der Waals surface area (Å²) < 4.78 is 13.2. The molecule has 0 bridgehead atoms. The van der Waals surface area contributed by atoms with Gasteiger partial charge in [0.25, 0.3) is 0 Å². The van der Waals surface area contributed by atoms with Crippen molar-refractivity contribution in [3.05, 3.63) is 58.9 Å². The van der Waals surface area contributed by atoms with E-state index < -0.39 is 5.92 Å². The first-order chi connectivity index (χ1) is 12.2. The maximum atomic E-state index is 13.2. The van der Waals surface area contributed by atoms with Crippen molar-refractivity contribution in [2.75, 3.05) is 6.54 Å². The van der Waals surface area contributed by atoms with E-state index in [0.29, 0.717) is 19.4 Å². The highest BCUT2D eigenvalue weighted by Crippen LogP contribution is 2.40. The molecule has 2 aromatic carbocycles. The number of Topliss-reactive ketones (excluding diaryl/α,β-unsaturated/α-hetero) is 2. The van der Waals surface area contributed by atoms with Gasteiger partial charge in [-0.25, -0.2) is 4.39 Å². The summed E-state index contributed by atoms with van der Waals surface area (Å²) in [5.41, 5.74) is 8.14. The second kappa shape index (κ2) is 6.76. The van der Waals surface area contributed by atoms with Crippen molar-refractivity contribution in [1.29, 1.82) is 0 Å². The van der Waals surface area contributed by atoms with Crippen LogP contribution in [0.1, 0.15) is 42.4 Å². The minimum Gasteiger partial charge on any atom is -0.357 e. The fourth-order valence-electron chi connectivity index (χ4n) is 4.03. The summed E-state index contributed by atoms with van der Waals surface area (Å²) in [7, 11) is 0. The fourth-order valence-corrected chi connectivity index (χ4v) is 4.03. The summed E-state index contributed by atoms with van der Waals surface area (Å²) in [6.45, 7) is 6.41. The van der Waals surface area contributed by atoms with E-state index in [1.807, 2.05) is 32.9 Å². The minimum absolute atomic E-state index is 0.00636. The van der Waals surface area contributed by atoms with E-state index in [-0.39, 0.29) is 22.8 Å². The highest BCUT2D eigenvalue weighted by atomic mass is 19.1. The Labute approximate surface area is 153 Å². The van der Waals surface area contributed by atoms with Crippen molar-refractivity contribution in [3.8, 4) is 11.1 Å². The van der Waals surface area contributed by atoms with E-state index in [9.17, 15) is 14.0 Å². The highest BCUT2D eigenvalue weighted by Gasteiger charge is 2.44. The van der Waals surface area contributed by atoms with Gasteiger partial charge >= 0.3 is 0 Å². The first-order valence-corrected chi connectivity index (χ1v) is 8.96. The monoisotopic (exact) mass is 354 g/mol. The molecule has 0 aromatic heterocycles. The zero-order valence-corrected chi connectivity index (χ0v) is 15.6. The zero-order valence-electron chi connectivity index (χ0n) is 15.6. The van der Waals surface area contributed by atoms with E-state index in [1.54, 1.807) is 12.1 Å².